The fraction of sp³-hybridized carbons (Fsp3) is 0.375. The Hall–Kier alpha value is -2.46. The minimum atomic E-state index is -1.44. The van der Waals surface area contributed by atoms with Crippen LogP contribution in [0.5, 0.6) is 0 Å². The highest BCUT2D eigenvalue weighted by Gasteiger charge is 2.43. The number of hydrogen-bond donors (Lipinski definition) is 3. The van der Waals surface area contributed by atoms with E-state index in [1.165, 1.54) is 0 Å². The average molecular weight is 350 g/mol. The lowest BCUT2D eigenvalue weighted by Crippen LogP contribution is -2.45. The molecule has 0 amide bonds. The van der Waals surface area contributed by atoms with Crippen molar-refractivity contribution in [3.8, 4) is 0 Å². The topological polar surface area (TPSA) is 123 Å². The van der Waals surface area contributed by atoms with Crippen LogP contribution >= 0.6 is 0 Å². The number of aromatic nitrogens is 2. The number of aliphatic hydroxyl groups is 3. The molecule has 0 bridgehead atoms. The molecule has 2 aromatic rings. The van der Waals surface area contributed by atoms with Crippen LogP contribution in [0.2, 0.25) is 0 Å². The lowest BCUT2D eigenvalue weighted by Gasteiger charge is -2.18. The predicted octanol–water partition coefficient (Wildman–Crippen LogP) is -1.75. The Balaban J connectivity index is 1.88. The minimum Gasteiger partial charge on any atom is -0.401 e. The Bertz CT molecular complexity index is 832. The zero-order chi connectivity index (χ0) is 18.0. The Labute approximate surface area is 141 Å². The minimum absolute atomic E-state index is 0.00400. The van der Waals surface area contributed by atoms with E-state index in [0.717, 1.165) is 22.4 Å². The van der Waals surface area contributed by atoms with Crippen LogP contribution in [0.15, 0.2) is 52.2 Å². The van der Waals surface area contributed by atoms with Gasteiger partial charge in [-0.1, -0.05) is 35.1 Å². The van der Waals surface area contributed by atoms with Crippen LogP contribution in [0.3, 0.4) is 0 Å². The Morgan fingerprint density at radius 1 is 1.08 bits per heavy atom. The molecule has 0 spiro atoms. The van der Waals surface area contributed by atoms with E-state index in [9.17, 15) is 19.8 Å². The lowest BCUT2D eigenvalue weighted by molar-refractivity contribution is -0.0588. The SMILES string of the molecule is O=c1ccn([C@@H]2O[C@H](CO)C(O)C2O)c(=O)n1OCc1ccccc1. The van der Waals surface area contributed by atoms with Crippen molar-refractivity contribution in [2.45, 2.75) is 31.1 Å². The largest absolute Gasteiger partial charge is 0.401 e. The van der Waals surface area contributed by atoms with Gasteiger partial charge in [-0.3, -0.25) is 9.36 Å². The standard InChI is InChI=1S/C16H18N2O7/c19-8-11-13(21)14(22)15(25-11)17-7-6-12(20)18(16(17)23)24-9-10-4-2-1-3-5-10/h1-7,11,13-15,19,21-22H,8-9H2/t11-,13?,14?,15-/m1/s1. The smallest absolute Gasteiger partial charge is 0.366 e. The van der Waals surface area contributed by atoms with E-state index in [1.54, 1.807) is 24.3 Å². The van der Waals surface area contributed by atoms with Gasteiger partial charge in [-0.25, -0.2) is 4.79 Å². The van der Waals surface area contributed by atoms with E-state index in [4.69, 9.17) is 14.7 Å². The summed E-state index contributed by atoms with van der Waals surface area (Å²) in [6, 6.07) is 10.1. The van der Waals surface area contributed by atoms with Gasteiger partial charge in [0.2, 0.25) is 0 Å². The van der Waals surface area contributed by atoms with Crippen LogP contribution in [-0.2, 0) is 11.3 Å². The van der Waals surface area contributed by atoms with Crippen molar-refractivity contribution in [3.63, 3.8) is 0 Å². The van der Waals surface area contributed by atoms with Crippen molar-refractivity contribution in [2.24, 2.45) is 0 Å². The summed E-state index contributed by atoms with van der Waals surface area (Å²) in [5.41, 5.74) is -0.778. The molecule has 1 aromatic heterocycles. The predicted molar refractivity (Wildman–Crippen MR) is 84.7 cm³/mol. The van der Waals surface area contributed by atoms with E-state index in [0.29, 0.717) is 4.73 Å². The number of aliphatic hydroxyl groups excluding tert-OH is 3. The fourth-order valence-electron chi connectivity index (χ4n) is 2.61. The first-order valence-electron chi connectivity index (χ1n) is 7.67. The highest BCUT2D eigenvalue weighted by molar-refractivity contribution is 5.13. The van der Waals surface area contributed by atoms with Gasteiger partial charge in [0.1, 0.15) is 24.9 Å². The molecule has 1 aliphatic heterocycles. The van der Waals surface area contributed by atoms with Gasteiger partial charge in [0, 0.05) is 12.3 Å². The molecule has 0 saturated carbocycles. The van der Waals surface area contributed by atoms with Crippen molar-refractivity contribution in [1.82, 2.24) is 9.30 Å². The summed E-state index contributed by atoms with van der Waals surface area (Å²) in [5.74, 6) is 0. The zero-order valence-electron chi connectivity index (χ0n) is 13.1. The molecular formula is C16H18N2O7. The molecule has 9 heteroatoms. The maximum atomic E-state index is 12.5. The number of ether oxygens (including phenoxy) is 1. The van der Waals surface area contributed by atoms with E-state index >= 15 is 0 Å². The molecule has 1 aromatic carbocycles. The third kappa shape index (κ3) is 3.35. The zero-order valence-corrected chi connectivity index (χ0v) is 13.1. The van der Waals surface area contributed by atoms with Gasteiger partial charge in [0.25, 0.3) is 5.56 Å². The molecule has 1 fully saturated rings. The van der Waals surface area contributed by atoms with E-state index in [-0.39, 0.29) is 6.61 Å². The number of nitrogens with zero attached hydrogens (tertiary/aromatic N) is 2. The number of benzene rings is 1. The maximum absolute atomic E-state index is 12.5. The van der Waals surface area contributed by atoms with Crippen molar-refractivity contribution in [2.75, 3.05) is 6.61 Å². The maximum Gasteiger partial charge on any atom is 0.366 e. The summed E-state index contributed by atoms with van der Waals surface area (Å²) in [4.78, 5) is 29.7. The highest BCUT2D eigenvalue weighted by Crippen LogP contribution is 2.27. The first-order valence-corrected chi connectivity index (χ1v) is 7.67. The third-order valence-corrected chi connectivity index (χ3v) is 3.97. The summed E-state index contributed by atoms with van der Waals surface area (Å²) < 4.78 is 6.80. The Morgan fingerprint density at radius 2 is 1.80 bits per heavy atom. The first kappa shape index (κ1) is 17.4. The van der Waals surface area contributed by atoms with Gasteiger partial charge < -0.3 is 24.9 Å². The average Bonchev–Trinajstić information content (AvgIpc) is 2.91. The second-order valence-electron chi connectivity index (χ2n) is 5.63. The molecule has 1 aliphatic rings. The van der Waals surface area contributed by atoms with Gasteiger partial charge in [-0.15, -0.1) is 0 Å². The summed E-state index contributed by atoms with van der Waals surface area (Å²) in [7, 11) is 0. The van der Waals surface area contributed by atoms with Crippen molar-refractivity contribution < 1.29 is 24.9 Å². The number of hydrogen-bond acceptors (Lipinski definition) is 7. The first-order chi connectivity index (χ1) is 12.0. The normalized spacial score (nSPS) is 25.9. The molecule has 1 saturated heterocycles. The van der Waals surface area contributed by atoms with E-state index < -0.39 is 42.4 Å². The molecule has 9 nitrogen and oxygen atoms in total. The van der Waals surface area contributed by atoms with Crippen molar-refractivity contribution in [3.05, 3.63) is 69.0 Å². The molecule has 0 aliphatic carbocycles. The molecule has 3 N–H and O–H groups in total. The highest BCUT2D eigenvalue weighted by atomic mass is 16.7. The molecule has 2 heterocycles. The fourth-order valence-corrected chi connectivity index (χ4v) is 2.61. The lowest BCUT2D eigenvalue weighted by atomic mass is 10.1. The molecule has 0 radical (unpaired) electrons. The van der Waals surface area contributed by atoms with Gasteiger partial charge in [-0.2, -0.15) is 0 Å². The molecule has 2 unspecified atom stereocenters. The van der Waals surface area contributed by atoms with Gasteiger partial charge in [-0.05, 0) is 5.56 Å². The van der Waals surface area contributed by atoms with Crippen LogP contribution in [0, 0.1) is 0 Å². The summed E-state index contributed by atoms with van der Waals surface area (Å²) in [6.45, 7) is -0.524. The monoisotopic (exact) mass is 350 g/mol. The summed E-state index contributed by atoms with van der Waals surface area (Å²) >= 11 is 0. The van der Waals surface area contributed by atoms with Crippen LogP contribution in [-0.4, -0.2) is 49.5 Å². The Kier molecular flexibility index (Phi) is 5.00. The van der Waals surface area contributed by atoms with Crippen LogP contribution in [0.1, 0.15) is 11.8 Å². The summed E-state index contributed by atoms with van der Waals surface area (Å²) in [5, 5.41) is 29.0. The van der Waals surface area contributed by atoms with E-state index in [2.05, 4.69) is 0 Å². The van der Waals surface area contributed by atoms with Crippen LogP contribution < -0.4 is 16.1 Å². The summed E-state index contributed by atoms with van der Waals surface area (Å²) in [6.07, 6.45) is -3.92. The van der Waals surface area contributed by atoms with Gasteiger partial charge in [0.05, 0.1) is 6.61 Å². The molecule has 25 heavy (non-hydrogen) atoms. The Morgan fingerprint density at radius 3 is 2.44 bits per heavy atom. The molecule has 3 rings (SSSR count). The second-order valence-corrected chi connectivity index (χ2v) is 5.63. The third-order valence-electron chi connectivity index (χ3n) is 3.97. The van der Waals surface area contributed by atoms with E-state index in [1.807, 2.05) is 6.07 Å². The van der Waals surface area contributed by atoms with Crippen molar-refractivity contribution >= 4 is 0 Å². The van der Waals surface area contributed by atoms with Gasteiger partial charge in [0.15, 0.2) is 6.23 Å². The molecule has 4 atom stereocenters. The second kappa shape index (κ2) is 7.19. The number of rotatable bonds is 5. The molecule has 134 valence electrons. The van der Waals surface area contributed by atoms with Crippen LogP contribution in [0.4, 0.5) is 0 Å². The quantitative estimate of drug-likeness (QED) is 0.584. The van der Waals surface area contributed by atoms with Crippen LogP contribution in [0.25, 0.3) is 0 Å². The molecular weight excluding hydrogens is 332 g/mol. The van der Waals surface area contributed by atoms with Gasteiger partial charge >= 0.3 is 5.69 Å². The van der Waals surface area contributed by atoms with Crippen molar-refractivity contribution in [1.29, 1.82) is 0 Å².